The lowest BCUT2D eigenvalue weighted by atomic mass is 10.0. The lowest BCUT2D eigenvalue weighted by molar-refractivity contribution is 0.0532. The van der Waals surface area contributed by atoms with Crippen molar-refractivity contribution in [2.75, 3.05) is 26.2 Å². The molecule has 2 amide bonds. The molecular weight excluding hydrogens is 355 g/mol. The molecule has 2 aromatic carbocycles. The highest BCUT2D eigenvalue weighted by molar-refractivity contribution is 6.31. The molecule has 0 spiro atoms. The number of carbonyl (C=O) groups is 2. The maximum absolute atomic E-state index is 13.9. The first-order chi connectivity index (χ1) is 12.4. The van der Waals surface area contributed by atoms with Crippen LogP contribution in [-0.2, 0) is 0 Å². The van der Waals surface area contributed by atoms with Crippen molar-refractivity contribution in [3.8, 4) is 0 Å². The Morgan fingerprint density at radius 1 is 0.923 bits per heavy atom. The molecule has 0 radical (unpaired) electrons. The lowest BCUT2D eigenvalue weighted by Crippen LogP contribution is -2.50. The summed E-state index contributed by atoms with van der Waals surface area (Å²) in [6, 6.07) is 9.61. The first-order valence-electron chi connectivity index (χ1n) is 8.48. The summed E-state index contributed by atoms with van der Waals surface area (Å²) in [5, 5.41) is 0.318. The zero-order valence-corrected chi connectivity index (χ0v) is 15.5. The van der Waals surface area contributed by atoms with E-state index in [1.807, 2.05) is 32.0 Å². The van der Waals surface area contributed by atoms with Gasteiger partial charge in [-0.25, -0.2) is 4.39 Å². The second-order valence-corrected chi connectivity index (χ2v) is 6.89. The second-order valence-electron chi connectivity index (χ2n) is 6.46. The highest BCUT2D eigenvalue weighted by atomic mass is 35.5. The average Bonchev–Trinajstić information content (AvgIpc) is 2.65. The largest absolute Gasteiger partial charge is 0.335 e. The Labute approximate surface area is 157 Å². The normalized spacial score (nSPS) is 14.5. The van der Waals surface area contributed by atoms with Gasteiger partial charge in [0.2, 0.25) is 0 Å². The quantitative estimate of drug-likeness (QED) is 0.804. The Bertz CT molecular complexity index is 839. The predicted octanol–water partition coefficient (Wildman–Crippen LogP) is 3.69. The van der Waals surface area contributed by atoms with Crippen LogP contribution in [0, 0.1) is 19.7 Å². The van der Waals surface area contributed by atoms with Crippen molar-refractivity contribution in [2.24, 2.45) is 0 Å². The van der Waals surface area contributed by atoms with Gasteiger partial charge in [0, 0.05) is 36.8 Å². The van der Waals surface area contributed by atoms with Gasteiger partial charge in [-0.05, 0) is 49.2 Å². The molecule has 1 aliphatic heterocycles. The molecule has 0 aromatic heterocycles. The number of halogens is 2. The molecule has 26 heavy (non-hydrogen) atoms. The van der Waals surface area contributed by atoms with Crippen molar-refractivity contribution >= 4 is 23.4 Å². The molecule has 0 bridgehead atoms. The van der Waals surface area contributed by atoms with Crippen LogP contribution in [0.2, 0.25) is 5.02 Å². The fourth-order valence-corrected chi connectivity index (χ4v) is 3.27. The summed E-state index contributed by atoms with van der Waals surface area (Å²) in [6.07, 6.45) is 0. The molecule has 1 saturated heterocycles. The van der Waals surface area contributed by atoms with Crippen molar-refractivity contribution in [1.82, 2.24) is 9.80 Å². The summed E-state index contributed by atoms with van der Waals surface area (Å²) in [5.41, 5.74) is 2.69. The summed E-state index contributed by atoms with van der Waals surface area (Å²) >= 11 is 5.87. The Balaban J connectivity index is 1.69. The lowest BCUT2D eigenvalue weighted by Gasteiger charge is -2.35. The zero-order valence-electron chi connectivity index (χ0n) is 14.8. The highest BCUT2D eigenvalue weighted by Crippen LogP contribution is 2.19. The predicted molar refractivity (Wildman–Crippen MR) is 99.1 cm³/mol. The maximum atomic E-state index is 13.9. The number of hydrogen-bond donors (Lipinski definition) is 0. The summed E-state index contributed by atoms with van der Waals surface area (Å²) in [5.74, 6) is -1.02. The minimum Gasteiger partial charge on any atom is -0.335 e. The molecule has 0 unspecified atom stereocenters. The molecular formula is C20H20ClFN2O2. The van der Waals surface area contributed by atoms with E-state index in [1.165, 1.54) is 18.2 Å². The van der Waals surface area contributed by atoms with Gasteiger partial charge in [0.25, 0.3) is 11.8 Å². The van der Waals surface area contributed by atoms with Crippen molar-refractivity contribution in [3.63, 3.8) is 0 Å². The third-order valence-corrected chi connectivity index (χ3v) is 5.08. The molecule has 1 fully saturated rings. The molecule has 4 nitrogen and oxygen atoms in total. The molecule has 1 heterocycles. The van der Waals surface area contributed by atoms with Gasteiger partial charge in [-0.15, -0.1) is 0 Å². The van der Waals surface area contributed by atoms with Crippen LogP contribution in [0.15, 0.2) is 36.4 Å². The fraction of sp³-hybridized carbons (Fsp3) is 0.300. The van der Waals surface area contributed by atoms with E-state index in [4.69, 9.17) is 11.6 Å². The Morgan fingerprint density at radius 3 is 2.12 bits per heavy atom. The zero-order chi connectivity index (χ0) is 18.8. The number of carbonyl (C=O) groups excluding carboxylic acids is 2. The monoisotopic (exact) mass is 374 g/mol. The molecule has 0 atom stereocenters. The molecule has 0 N–H and O–H groups in total. The van der Waals surface area contributed by atoms with Crippen LogP contribution >= 0.6 is 11.6 Å². The summed E-state index contributed by atoms with van der Waals surface area (Å²) in [6.45, 7) is 5.47. The average molecular weight is 375 g/mol. The number of rotatable bonds is 2. The van der Waals surface area contributed by atoms with E-state index in [2.05, 4.69) is 0 Å². The second kappa shape index (κ2) is 7.46. The number of aryl methyl sites for hydroxylation is 1. The van der Waals surface area contributed by atoms with Crippen molar-refractivity contribution in [2.45, 2.75) is 13.8 Å². The van der Waals surface area contributed by atoms with Gasteiger partial charge in [0.15, 0.2) is 0 Å². The molecule has 1 aliphatic rings. The number of piperazine rings is 1. The van der Waals surface area contributed by atoms with Crippen LogP contribution in [0.1, 0.15) is 31.8 Å². The van der Waals surface area contributed by atoms with E-state index in [0.717, 1.165) is 11.1 Å². The minimum absolute atomic E-state index is 0.0350. The smallest absolute Gasteiger partial charge is 0.257 e. The number of nitrogens with zero attached hydrogens (tertiary/aromatic N) is 2. The molecule has 0 aliphatic carbocycles. The van der Waals surface area contributed by atoms with Crippen LogP contribution in [0.4, 0.5) is 4.39 Å². The third-order valence-electron chi connectivity index (χ3n) is 4.85. The van der Waals surface area contributed by atoms with Crippen LogP contribution in [0.25, 0.3) is 0 Å². The standard InChI is InChI=1S/C20H20ClFN2O2/c1-13-4-3-5-16(14(13)2)19(25)23-8-10-24(11-9-23)20(26)17-12-15(21)6-7-18(17)22/h3-7,12H,8-11H2,1-2H3. The Kier molecular flexibility index (Phi) is 5.28. The van der Waals surface area contributed by atoms with E-state index >= 15 is 0 Å². The van der Waals surface area contributed by atoms with Gasteiger partial charge in [0.05, 0.1) is 5.56 Å². The van der Waals surface area contributed by atoms with Crippen molar-refractivity contribution < 1.29 is 14.0 Å². The number of hydrogen-bond acceptors (Lipinski definition) is 2. The van der Waals surface area contributed by atoms with Crippen LogP contribution < -0.4 is 0 Å². The summed E-state index contributed by atoms with van der Waals surface area (Å²) in [7, 11) is 0. The van der Waals surface area contributed by atoms with Gasteiger partial charge >= 0.3 is 0 Å². The van der Waals surface area contributed by atoms with Crippen LogP contribution in [0.3, 0.4) is 0 Å². The molecule has 3 rings (SSSR count). The van der Waals surface area contributed by atoms with Crippen molar-refractivity contribution in [3.05, 3.63) is 69.5 Å². The van der Waals surface area contributed by atoms with Gasteiger partial charge in [-0.2, -0.15) is 0 Å². The molecule has 2 aromatic rings. The van der Waals surface area contributed by atoms with Crippen LogP contribution in [0.5, 0.6) is 0 Å². The van der Waals surface area contributed by atoms with Crippen molar-refractivity contribution in [1.29, 1.82) is 0 Å². The van der Waals surface area contributed by atoms with Crippen LogP contribution in [-0.4, -0.2) is 47.8 Å². The van der Waals surface area contributed by atoms with E-state index in [1.54, 1.807) is 9.80 Å². The first kappa shape index (κ1) is 18.4. The fourth-order valence-electron chi connectivity index (χ4n) is 3.10. The van der Waals surface area contributed by atoms with E-state index in [-0.39, 0.29) is 11.5 Å². The van der Waals surface area contributed by atoms with Gasteiger partial charge in [-0.1, -0.05) is 23.7 Å². The maximum Gasteiger partial charge on any atom is 0.257 e. The van der Waals surface area contributed by atoms with E-state index in [9.17, 15) is 14.0 Å². The molecule has 6 heteroatoms. The summed E-state index contributed by atoms with van der Waals surface area (Å²) in [4.78, 5) is 28.6. The SMILES string of the molecule is Cc1cccc(C(=O)N2CCN(C(=O)c3cc(Cl)ccc3F)CC2)c1C. The van der Waals surface area contributed by atoms with Gasteiger partial charge < -0.3 is 9.80 Å². The molecule has 136 valence electrons. The Hall–Kier alpha value is -2.40. The highest BCUT2D eigenvalue weighted by Gasteiger charge is 2.27. The van der Waals surface area contributed by atoms with E-state index < -0.39 is 11.7 Å². The molecule has 0 saturated carbocycles. The third kappa shape index (κ3) is 3.58. The minimum atomic E-state index is -0.590. The Morgan fingerprint density at radius 2 is 1.50 bits per heavy atom. The topological polar surface area (TPSA) is 40.6 Å². The van der Waals surface area contributed by atoms with Gasteiger partial charge in [0.1, 0.15) is 5.82 Å². The number of benzene rings is 2. The first-order valence-corrected chi connectivity index (χ1v) is 8.86. The van der Waals surface area contributed by atoms with E-state index in [0.29, 0.717) is 36.8 Å². The summed E-state index contributed by atoms with van der Waals surface area (Å²) < 4.78 is 13.9. The number of amides is 2. The van der Waals surface area contributed by atoms with Gasteiger partial charge in [-0.3, -0.25) is 9.59 Å².